The summed E-state index contributed by atoms with van der Waals surface area (Å²) in [5, 5.41) is 0. The maximum atomic E-state index is 11.7. The first kappa shape index (κ1) is 13.5. The zero-order valence-electron chi connectivity index (χ0n) is 8.90. The van der Waals surface area contributed by atoms with Crippen LogP contribution in [0.15, 0.2) is 27.6 Å². The number of carbonyl (C=O) groups excluding carboxylic acids is 1. The normalized spacial score (nSPS) is 10.2. The van der Waals surface area contributed by atoms with E-state index in [1.54, 1.807) is 25.3 Å². The lowest BCUT2D eigenvalue weighted by Crippen LogP contribution is -2.08. The van der Waals surface area contributed by atoms with E-state index in [9.17, 15) is 4.79 Å². The number of benzene rings is 1. The molecular formula is C11H13BrO3S. The molecule has 0 aliphatic carbocycles. The summed E-state index contributed by atoms with van der Waals surface area (Å²) in [4.78, 5) is 12.4. The van der Waals surface area contributed by atoms with E-state index >= 15 is 0 Å². The lowest BCUT2D eigenvalue weighted by molar-refractivity contribution is 0.0467. The number of halogens is 1. The molecule has 0 saturated heterocycles. The Hall–Kier alpha value is -0.520. The standard InChI is InChI=1S/C11H13BrO3S/c1-14-5-2-6-15-11(13)9-7-8(16)3-4-10(9)12/h3-4,7,16H,2,5-6H2,1H3. The first-order valence-corrected chi connectivity index (χ1v) is 6.03. The molecule has 3 nitrogen and oxygen atoms in total. The second-order valence-corrected chi connectivity index (χ2v) is 4.52. The van der Waals surface area contributed by atoms with Crippen molar-refractivity contribution in [2.75, 3.05) is 20.3 Å². The van der Waals surface area contributed by atoms with Gasteiger partial charge in [-0.1, -0.05) is 0 Å². The molecule has 0 aliphatic heterocycles. The third-order valence-corrected chi connectivity index (χ3v) is 2.87. The largest absolute Gasteiger partial charge is 0.462 e. The number of methoxy groups -OCH3 is 1. The minimum atomic E-state index is -0.348. The fourth-order valence-electron chi connectivity index (χ4n) is 1.12. The number of hydrogen-bond acceptors (Lipinski definition) is 4. The molecule has 1 aromatic rings. The molecule has 5 heteroatoms. The Labute approximate surface area is 109 Å². The van der Waals surface area contributed by atoms with Crippen molar-refractivity contribution in [2.45, 2.75) is 11.3 Å². The van der Waals surface area contributed by atoms with Crippen LogP contribution in [0.1, 0.15) is 16.8 Å². The van der Waals surface area contributed by atoms with Crippen LogP contribution in [0.2, 0.25) is 0 Å². The third-order valence-electron chi connectivity index (χ3n) is 1.90. The highest BCUT2D eigenvalue weighted by atomic mass is 79.9. The van der Waals surface area contributed by atoms with Gasteiger partial charge in [-0.25, -0.2) is 4.79 Å². The van der Waals surface area contributed by atoms with Gasteiger partial charge in [0, 0.05) is 29.5 Å². The molecule has 0 fully saturated rings. The quantitative estimate of drug-likeness (QED) is 0.516. The number of rotatable bonds is 5. The minimum absolute atomic E-state index is 0.348. The summed E-state index contributed by atoms with van der Waals surface area (Å²) in [5.74, 6) is -0.348. The number of thiol groups is 1. The Bertz CT molecular complexity index is 368. The summed E-state index contributed by atoms with van der Waals surface area (Å²) in [6.45, 7) is 0.941. The first-order chi connectivity index (χ1) is 7.65. The van der Waals surface area contributed by atoms with Crippen LogP contribution >= 0.6 is 28.6 Å². The van der Waals surface area contributed by atoms with Crippen LogP contribution in [0.4, 0.5) is 0 Å². The van der Waals surface area contributed by atoms with Crippen molar-refractivity contribution in [3.05, 3.63) is 28.2 Å². The van der Waals surface area contributed by atoms with Gasteiger partial charge in [-0.15, -0.1) is 12.6 Å². The molecule has 0 saturated carbocycles. The van der Waals surface area contributed by atoms with Gasteiger partial charge in [0.15, 0.2) is 0 Å². The van der Waals surface area contributed by atoms with Gasteiger partial charge in [0.1, 0.15) is 0 Å². The molecule has 0 bridgehead atoms. The molecule has 88 valence electrons. The summed E-state index contributed by atoms with van der Waals surface area (Å²) in [7, 11) is 1.61. The van der Waals surface area contributed by atoms with Crippen molar-refractivity contribution in [2.24, 2.45) is 0 Å². The lowest BCUT2D eigenvalue weighted by Gasteiger charge is -2.06. The van der Waals surface area contributed by atoms with Crippen LogP contribution in [0.5, 0.6) is 0 Å². The summed E-state index contributed by atoms with van der Waals surface area (Å²) in [6.07, 6.45) is 0.695. The Kier molecular flexibility index (Phi) is 5.87. The van der Waals surface area contributed by atoms with Crippen molar-refractivity contribution in [3.63, 3.8) is 0 Å². The fourth-order valence-corrected chi connectivity index (χ4v) is 1.73. The van der Waals surface area contributed by atoms with E-state index in [0.717, 1.165) is 4.90 Å². The van der Waals surface area contributed by atoms with Crippen molar-refractivity contribution < 1.29 is 14.3 Å². The fraction of sp³-hybridized carbons (Fsp3) is 0.364. The topological polar surface area (TPSA) is 35.5 Å². The van der Waals surface area contributed by atoms with Crippen LogP contribution in [0, 0.1) is 0 Å². The van der Waals surface area contributed by atoms with Gasteiger partial charge in [0.25, 0.3) is 0 Å². The van der Waals surface area contributed by atoms with Crippen molar-refractivity contribution >= 4 is 34.5 Å². The van der Waals surface area contributed by atoms with Gasteiger partial charge in [-0.3, -0.25) is 0 Å². The minimum Gasteiger partial charge on any atom is -0.462 e. The second-order valence-electron chi connectivity index (χ2n) is 3.15. The number of carbonyl (C=O) groups is 1. The van der Waals surface area contributed by atoms with E-state index in [2.05, 4.69) is 28.6 Å². The predicted molar refractivity (Wildman–Crippen MR) is 68.2 cm³/mol. The highest BCUT2D eigenvalue weighted by molar-refractivity contribution is 9.10. The van der Waals surface area contributed by atoms with Gasteiger partial charge in [0.05, 0.1) is 12.2 Å². The van der Waals surface area contributed by atoms with Gasteiger partial charge >= 0.3 is 5.97 Å². The molecule has 1 rings (SSSR count). The van der Waals surface area contributed by atoms with Crippen LogP contribution in [-0.4, -0.2) is 26.3 Å². The molecule has 0 aromatic heterocycles. The van der Waals surface area contributed by atoms with Crippen molar-refractivity contribution in [3.8, 4) is 0 Å². The van der Waals surface area contributed by atoms with Gasteiger partial charge in [0.2, 0.25) is 0 Å². The van der Waals surface area contributed by atoms with Crippen molar-refractivity contribution in [1.82, 2.24) is 0 Å². The molecule has 0 unspecified atom stereocenters. The smallest absolute Gasteiger partial charge is 0.339 e. The van der Waals surface area contributed by atoms with E-state index in [4.69, 9.17) is 9.47 Å². The van der Waals surface area contributed by atoms with E-state index in [1.807, 2.05) is 0 Å². The monoisotopic (exact) mass is 304 g/mol. The molecule has 0 N–H and O–H groups in total. The Morgan fingerprint density at radius 1 is 1.44 bits per heavy atom. The molecular weight excluding hydrogens is 292 g/mol. The number of ether oxygens (including phenoxy) is 2. The zero-order chi connectivity index (χ0) is 12.0. The summed E-state index contributed by atoms with van der Waals surface area (Å²) in [6, 6.07) is 5.24. The molecule has 16 heavy (non-hydrogen) atoms. The molecule has 0 heterocycles. The molecule has 1 aromatic carbocycles. The van der Waals surface area contributed by atoms with Gasteiger partial charge in [-0.05, 0) is 34.1 Å². The lowest BCUT2D eigenvalue weighted by atomic mass is 10.2. The molecule has 0 spiro atoms. The highest BCUT2D eigenvalue weighted by Gasteiger charge is 2.11. The average Bonchev–Trinajstić information content (AvgIpc) is 2.27. The van der Waals surface area contributed by atoms with E-state index in [-0.39, 0.29) is 5.97 Å². The number of hydrogen-bond donors (Lipinski definition) is 1. The van der Waals surface area contributed by atoms with Crippen molar-refractivity contribution in [1.29, 1.82) is 0 Å². The van der Waals surface area contributed by atoms with E-state index < -0.39 is 0 Å². The van der Waals surface area contributed by atoms with Crippen LogP contribution in [0.25, 0.3) is 0 Å². The van der Waals surface area contributed by atoms with Crippen LogP contribution in [0.3, 0.4) is 0 Å². The molecule has 0 aliphatic rings. The Morgan fingerprint density at radius 3 is 2.88 bits per heavy atom. The Balaban J connectivity index is 2.55. The summed E-state index contributed by atoms with van der Waals surface area (Å²) in [5.41, 5.74) is 0.491. The van der Waals surface area contributed by atoms with E-state index in [0.29, 0.717) is 29.7 Å². The second kappa shape index (κ2) is 6.93. The maximum absolute atomic E-state index is 11.7. The molecule has 0 radical (unpaired) electrons. The Morgan fingerprint density at radius 2 is 2.19 bits per heavy atom. The summed E-state index contributed by atoms with van der Waals surface area (Å²) >= 11 is 7.47. The molecule has 0 amide bonds. The average molecular weight is 305 g/mol. The first-order valence-electron chi connectivity index (χ1n) is 4.79. The maximum Gasteiger partial charge on any atom is 0.339 e. The van der Waals surface area contributed by atoms with Gasteiger partial charge < -0.3 is 9.47 Å². The predicted octanol–water partition coefficient (Wildman–Crippen LogP) is 2.93. The van der Waals surface area contributed by atoms with E-state index in [1.165, 1.54) is 0 Å². The molecule has 0 atom stereocenters. The third kappa shape index (κ3) is 4.15. The van der Waals surface area contributed by atoms with Crippen LogP contribution < -0.4 is 0 Å². The zero-order valence-corrected chi connectivity index (χ0v) is 11.4. The summed E-state index contributed by atoms with van der Waals surface area (Å²) < 4.78 is 10.7. The van der Waals surface area contributed by atoms with Gasteiger partial charge in [-0.2, -0.15) is 0 Å². The highest BCUT2D eigenvalue weighted by Crippen LogP contribution is 2.21. The number of esters is 1. The SMILES string of the molecule is COCCCOC(=O)c1cc(S)ccc1Br. The van der Waals surface area contributed by atoms with Crippen LogP contribution in [-0.2, 0) is 9.47 Å².